The van der Waals surface area contributed by atoms with Gasteiger partial charge in [0.05, 0.1) is 22.1 Å². The van der Waals surface area contributed by atoms with E-state index >= 15 is 0 Å². The second kappa shape index (κ2) is 9.54. The number of aryl methyl sites for hydroxylation is 1. The van der Waals surface area contributed by atoms with Crippen molar-refractivity contribution >= 4 is 33.1 Å². The molecule has 0 saturated heterocycles. The lowest BCUT2D eigenvalue weighted by molar-refractivity contribution is 0.600. The average molecular weight is 601 g/mol. The summed E-state index contributed by atoms with van der Waals surface area (Å²) in [5.41, 5.74) is 3.74. The summed E-state index contributed by atoms with van der Waals surface area (Å²) in [4.78, 5) is 47.8. The van der Waals surface area contributed by atoms with Gasteiger partial charge < -0.3 is 9.13 Å². The van der Waals surface area contributed by atoms with Gasteiger partial charge in [0.2, 0.25) is 5.82 Å². The van der Waals surface area contributed by atoms with Crippen LogP contribution in [-0.2, 0) is 7.05 Å². The Morgan fingerprint density at radius 2 is 1.18 bits per heavy atom. The summed E-state index contributed by atoms with van der Waals surface area (Å²) >= 11 is 0. The first-order valence-electron chi connectivity index (χ1n) is 14.6. The monoisotopic (exact) mass is 600 g/mol. The van der Waals surface area contributed by atoms with Crippen molar-refractivity contribution in [2.75, 3.05) is 0 Å². The SMILES string of the molecule is CC(C)n1c(=O)c2c(-c3nc[nH]n3)nc(-c3nc(-c4ncnn4C)c4c(=O)n(C(C)C)c5ccccc5n34)n2c2ccccc21. The molecule has 0 aliphatic heterocycles. The Labute approximate surface area is 254 Å². The second-order valence-corrected chi connectivity index (χ2v) is 11.5. The van der Waals surface area contributed by atoms with Crippen LogP contribution in [0.4, 0.5) is 0 Å². The van der Waals surface area contributed by atoms with E-state index in [4.69, 9.17) is 9.97 Å². The van der Waals surface area contributed by atoms with Gasteiger partial charge in [0, 0.05) is 19.1 Å². The predicted octanol–water partition coefficient (Wildman–Crippen LogP) is 4.02. The third kappa shape index (κ3) is 3.62. The van der Waals surface area contributed by atoms with Crippen LogP contribution in [0.3, 0.4) is 0 Å². The van der Waals surface area contributed by atoms with Gasteiger partial charge in [-0.25, -0.2) is 24.6 Å². The summed E-state index contributed by atoms with van der Waals surface area (Å²) in [6, 6.07) is 15.1. The minimum absolute atomic E-state index is 0.138. The molecular weight excluding hydrogens is 572 g/mol. The molecular formula is C31H28N12O2. The molecule has 8 aromatic rings. The number of para-hydroxylation sites is 4. The number of rotatable bonds is 5. The molecule has 14 nitrogen and oxygen atoms in total. The molecule has 0 bridgehead atoms. The van der Waals surface area contributed by atoms with E-state index in [1.807, 2.05) is 80.6 Å². The molecule has 1 N–H and O–H groups in total. The van der Waals surface area contributed by atoms with Gasteiger partial charge >= 0.3 is 0 Å². The van der Waals surface area contributed by atoms with Gasteiger partial charge in [-0.3, -0.25) is 23.5 Å². The summed E-state index contributed by atoms with van der Waals surface area (Å²) in [5, 5.41) is 11.3. The zero-order chi connectivity index (χ0) is 31.1. The highest BCUT2D eigenvalue weighted by Gasteiger charge is 2.30. The molecule has 0 fully saturated rings. The first-order chi connectivity index (χ1) is 21.8. The number of benzene rings is 2. The molecule has 45 heavy (non-hydrogen) atoms. The maximum atomic E-state index is 14.4. The third-order valence-electron chi connectivity index (χ3n) is 8.14. The number of imidazole rings is 2. The molecule has 0 atom stereocenters. The van der Waals surface area contributed by atoms with Crippen molar-refractivity contribution in [1.29, 1.82) is 0 Å². The van der Waals surface area contributed by atoms with E-state index in [1.165, 1.54) is 12.7 Å². The number of H-pyrrole nitrogens is 1. The normalized spacial score (nSPS) is 12.2. The van der Waals surface area contributed by atoms with Gasteiger partial charge in [-0.1, -0.05) is 24.3 Å². The molecule has 0 aliphatic carbocycles. The molecule has 0 spiro atoms. The summed E-state index contributed by atoms with van der Waals surface area (Å²) in [5.74, 6) is 1.39. The first-order valence-corrected chi connectivity index (χ1v) is 14.6. The third-order valence-corrected chi connectivity index (χ3v) is 8.14. The van der Waals surface area contributed by atoms with E-state index in [0.29, 0.717) is 39.9 Å². The van der Waals surface area contributed by atoms with Crippen molar-refractivity contribution < 1.29 is 0 Å². The lowest BCUT2D eigenvalue weighted by Gasteiger charge is -2.17. The van der Waals surface area contributed by atoms with Crippen molar-refractivity contribution in [3.05, 3.63) is 81.9 Å². The largest absolute Gasteiger partial charge is 0.302 e. The molecule has 224 valence electrons. The summed E-state index contributed by atoms with van der Waals surface area (Å²) in [6.45, 7) is 7.88. The van der Waals surface area contributed by atoms with Gasteiger partial charge in [0.25, 0.3) is 11.1 Å². The summed E-state index contributed by atoms with van der Waals surface area (Å²) < 4.78 is 8.72. The Hall–Kier alpha value is -5.92. The number of aromatic amines is 1. The van der Waals surface area contributed by atoms with Crippen LogP contribution in [0.1, 0.15) is 39.8 Å². The van der Waals surface area contributed by atoms with Crippen LogP contribution in [0.2, 0.25) is 0 Å². The van der Waals surface area contributed by atoms with E-state index in [1.54, 1.807) is 25.3 Å². The van der Waals surface area contributed by atoms with E-state index in [0.717, 1.165) is 22.1 Å². The van der Waals surface area contributed by atoms with Crippen LogP contribution in [0.15, 0.2) is 70.8 Å². The number of aromatic nitrogens is 12. The topological polar surface area (TPSA) is 151 Å². The quantitative estimate of drug-likeness (QED) is 0.311. The zero-order valence-corrected chi connectivity index (χ0v) is 25.2. The Balaban J connectivity index is 1.65. The van der Waals surface area contributed by atoms with E-state index < -0.39 is 0 Å². The maximum Gasteiger partial charge on any atom is 0.278 e. The van der Waals surface area contributed by atoms with Gasteiger partial charge in [-0.15, -0.1) is 0 Å². The molecule has 14 heteroatoms. The lowest BCUT2D eigenvalue weighted by Crippen LogP contribution is -2.25. The highest BCUT2D eigenvalue weighted by molar-refractivity contribution is 5.91. The smallest absolute Gasteiger partial charge is 0.278 e. The van der Waals surface area contributed by atoms with Crippen molar-refractivity contribution in [1.82, 2.24) is 57.8 Å². The molecule has 2 aromatic carbocycles. The van der Waals surface area contributed by atoms with Crippen molar-refractivity contribution in [3.63, 3.8) is 0 Å². The lowest BCUT2D eigenvalue weighted by atomic mass is 10.2. The molecule has 0 unspecified atom stereocenters. The van der Waals surface area contributed by atoms with Crippen molar-refractivity contribution in [2.45, 2.75) is 39.8 Å². The van der Waals surface area contributed by atoms with E-state index in [2.05, 4.69) is 25.3 Å². The number of nitrogens with one attached hydrogen (secondary N) is 1. The van der Waals surface area contributed by atoms with E-state index in [9.17, 15) is 9.59 Å². The highest BCUT2D eigenvalue weighted by Crippen LogP contribution is 2.34. The maximum absolute atomic E-state index is 14.4. The molecule has 0 radical (unpaired) electrons. The van der Waals surface area contributed by atoms with Crippen LogP contribution < -0.4 is 11.1 Å². The second-order valence-electron chi connectivity index (χ2n) is 11.5. The van der Waals surface area contributed by atoms with Gasteiger partial charge in [0.1, 0.15) is 35.1 Å². The number of hydrogen-bond acceptors (Lipinski definition) is 8. The van der Waals surface area contributed by atoms with Crippen LogP contribution in [-0.4, -0.2) is 57.8 Å². The first kappa shape index (κ1) is 26.7. The fraction of sp³-hybridized carbons (Fsp3) is 0.226. The van der Waals surface area contributed by atoms with Crippen LogP contribution >= 0.6 is 0 Å². The Morgan fingerprint density at radius 1 is 0.667 bits per heavy atom. The summed E-state index contributed by atoms with van der Waals surface area (Å²) in [6.07, 6.45) is 2.87. The molecule has 8 rings (SSSR count). The highest BCUT2D eigenvalue weighted by atomic mass is 16.1. The number of fused-ring (bicyclic) bond motifs is 6. The molecule has 0 saturated carbocycles. The van der Waals surface area contributed by atoms with Crippen LogP contribution in [0, 0.1) is 0 Å². The molecule has 0 aliphatic rings. The van der Waals surface area contributed by atoms with Crippen molar-refractivity contribution in [3.8, 4) is 34.7 Å². The minimum atomic E-state index is -0.247. The Morgan fingerprint density at radius 3 is 1.64 bits per heavy atom. The van der Waals surface area contributed by atoms with Crippen LogP contribution in [0.25, 0.3) is 67.8 Å². The fourth-order valence-electron chi connectivity index (χ4n) is 6.34. The number of hydrogen-bond donors (Lipinski definition) is 1. The zero-order valence-electron chi connectivity index (χ0n) is 25.2. The molecule has 6 aromatic heterocycles. The number of nitrogens with zero attached hydrogens (tertiary/aromatic N) is 11. The van der Waals surface area contributed by atoms with Crippen molar-refractivity contribution in [2.24, 2.45) is 7.05 Å². The Kier molecular flexibility index (Phi) is 5.66. The predicted molar refractivity (Wildman–Crippen MR) is 169 cm³/mol. The average Bonchev–Trinajstić information content (AvgIpc) is 3.82. The van der Waals surface area contributed by atoms with Crippen LogP contribution in [0.5, 0.6) is 0 Å². The molecule has 0 amide bonds. The standard InChI is InChI=1S/C31H28N12O2/c1-16(2)40-18-10-6-8-12-20(18)42-24(30(40)44)22(26-32-14-34-38-26)36-28(42)29-37-23(27-33-15-35-39(27)5)25-31(45)41(17(3)4)19-11-7-9-13-21(19)43(25)29/h6-17H,1-5H3,(H,32,34,38). The Bertz CT molecular complexity index is 2560. The van der Waals surface area contributed by atoms with E-state index in [-0.39, 0.29) is 29.0 Å². The van der Waals surface area contributed by atoms with Gasteiger partial charge in [-0.2, -0.15) is 10.2 Å². The van der Waals surface area contributed by atoms with Gasteiger partial charge in [0.15, 0.2) is 17.5 Å². The minimum Gasteiger partial charge on any atom is -0.302 e. The van der Waals surface area contributed by atoms with Gasteiger partial charge in [-0.05, 0) is 52.0 Å². The fourth-order valence-corrected chi connectivity index (χ4v) is 6.34. The summed E-state index contributed by atoms with van der Waals surface area (Å²) in [7, 11) is 1.75. The molecule has 6 heterocycles.